The SMILES string of the molecule is CS(=O)(=O)N1CCC(c2nnc3sc(C=Cc4ccc(Cl)cc4Cl)nn23)CC1. The highest BCUT2D eigenvalue weighted by Gasteiger charge is 2.29. The Hall–Kier alpha value is -1.52. The number of hydrogen-bond donors (Lipinski definition) is 0. The predicted molar refractivity (Wildman–Crippen MR) is 112 cm³/mol. The van der Waals surface area contributed by atoms with Gasteiger partial charge in [0.1, 0.15) is 5.01 Å². The molecular weight excluding hydrogens is 441 g/mol. The van der Waals surface area contributed by atoms with Crippen LogP contribution in [0.4, 0.5) is 0 Å². The van der Waals surface area contributed by atoms with Crippen LogP contribution in [0, 0.1) is 0 Å². The Morgan fingerprint density at radius 3 is 2.61 bits per heavy atom. The van der Waals surface area contributed by atoms with E-state index in [0.29, 0.717) is 40.9 Å². The molecule has 0 atom stereocenters. The van der Waals surface area contributed by atoms with E-state index in [1.807, 2.05) is 18.2 Å². The van der Waals surface area contributed by atoms with Crippen LogP contribution in [0.1, 0.15) is 35.2 Å². The van der Waals surface area contributed by atoms with Crippen LogP contribution in [-0.2, 0) is 10.0 Å². The van der Waals surface area contributed by atoms with Crippen LogP contribution in [0.3, 0.4) is 0 Å². The van der Waals surface area contributed by atoms with E-state index < -0.39 is 10.0 Å². The summed E-state index contributed by atoms with van der Waals surface area (Å²) in [6.07, 6.45) is 6.42. The van der Waals surface area contributed by atoms with Crippen molar-refractivity contribution >= 4 is 61.7 Å². The van der Waals surface area contributed by atoms with Crippen molar-refractivity contribution in [2.75, 3.05) is 19.3 Å². The first-order valence-corrected chi connectivity index (χ1v) is 12.0. The third-order valence-corrected chi connectivity index (χ3v) is 7.42. The van der Waals surface area contributed by atoms with Gasteiger partial charge in [0.05, 0.1) is 6.26 Å². The first-order chi connectivity index (χ1) is 13.3. The maximum atomic E-state index is 11.7. The number of halogens is 2. The van der Waals surface area contributed by atoms with Crippen LogP contribution in [0.5, 0.6) is 0 Å². The molecule has 0 unspecified atom stereocenters. The lowest BCUT2D eigenvalue weighted by Crippen LogP contribution is -2.37. The monoisotopic (exact) mass is 457 g/mol. The van der Waals surface area contributed by atoms with E-state index in [9.17, 15) is 8.42 Å². The number of sulfonamides is 1. The molecule has 0 radical (unpaired) electrons. The van der Waals surface area contributed by atoms with Gasteiger partial charge in [-0.25, -0.2) is 12.7 Å². The largest absolute Gasteiger partial charge is 0.234 e. The van der Waals surface area contributed by atoms with Gasteiger partial charge in [0.15, 0.2) is 5.82 Å². The summed E-state index contributed by atoms with van der Waals surface area (Å²) in [5.74, 6) is 0.918. The number of piperidine rings is 1. The minimum atomic E-state index is -3.15. The molecule has 0 aliphatic carbocycles. The van der Waals surface area contributed by atoms with Gasteiger partial charge >= 0.3 is 0 Å². The molecule has 7 nitrogen and oxygen atoms in total. The molecule has 1 saturated heterocycles. The van der Waals surface area contributed by atoms with Crippen molar-refractivity contribution in [2.45, 2.75) is 18.8 Å². The zero-order chi connectivity index (χ0) is 19.9. The fraction of sp³-hybridized carbons (Fsp3) is 0.353. The van der Waals surface area contributed by atoms with Gasteiger partial charge < -0.3 is 0 Å². The number of aromatic nitrogens is 4. The molecule has 1 aliphatic rings. The zero-order valence-electron chi connectivity index (χ0n) is 14.9. The summed E-state index contributed by atoms with van der Waals surface area (Å²) in [7, 11) is -3.15. The second-order valence-electron chi connectivity index (χ2n) is 6.63. The Morgan fingerprint density at radius 2 is 1.93 bits per heavy atom. The van der Waals surface area contributed by atoms with E-state index in [0.717, 1.165) is 16.4 Å². The van der Waals surface area contributed by atoms with Crippen molar-refractivity contribution in [1.29, 1.82) is 0 Å². The lowest BCUT2D eigenvalue weighted by molar-refractivity contribution is 0.313. The Labute approximate surface area is 176 Å². The number of fused-ring (bicyclic) bond motifs is 1. The van der Waals surface area contributed by atoms with Crippen LogP contribution < -0.4 is 0 Å². The molecule has 28 heavy (non-hydrogen) atoms. The molecule has 0 saturated carbocycles. The van der Waals surface area contributed by atoms with Gasteiger partial charge in [0.25, 0.3) is 0 Å². The fourth-order valence-corrected chi connectivity index (χ4v) is 5.31. The molecule has 11 heteroatoms. The van der Waals surface area contributed by atoms with E-state index in [4.69, 9.17) is 23.2 Å². The minimum Gasteiger partial charge on any atom is -0.213 e. The number of rotatable bonds is 4. The second-order valence-corrected chi connectivity index (χ2v) is 10.4. The molecule has 0 N–H and O–H groups in total. The standard InChI is InChI=1S/C17H17Cl2N5O2S2/c1-28(25,26)23-8-6-12(7-9-23)16-20-21-17-24(16)22-15(27-17)5-3-11-2-4-13(18)10-14(11)19/h2-5,10,12H,6-9H2,1H3. The quantitative estimate of drug-likeness (QED) is 0.594. The molecule has 0 bridgehead atoms. The van der Waals surface area contributed by atoms with Crippen molar-refractivity contribution in [2.24, 2.45) is 0 Å². The number of nitrogens with zero attached hydrogens (tertiary/aromatic N) is 5. The summed E-state index contributed by atoms with van der Waals surface area (Å²) >= 11 is 13.6. The van der Waals surface area contributed by atoms with Gasteiger partial charge in [-0.15, -0.1) is 10.2 Å². The van der Waals surface area contributed by atoms with Crippen molar-refractivity contribution < 1.29 is 8.42 Å². The second kappa shape index (κ2) is 7.72. The minimum absolute atomic E-state index is 0.137. The van der Waals surface area contributed by atoms with Gasteiger partial charge in [-0.3, -0.25) is 0 Å². The lowest BCUT2D eigenvalue weighted by atomic mass is 9.97. The molecular formula is C17H17Cl2N5O2S2. The number of hydrogen-bond acceptors (Lipinski definition) is 6. The van der Waals surface area contributed by atoms with Crippen LogP contribution in [0.15, 0.2) is 18.2 Å². The summed E-state index contributed by atoms with van der Waals surface area (Å²) in [6.45, 7) is 0.981. The topological polar surface area (TPSA) is 80.5 Å². The van der Waals surface area contributed by atoms with E-state index in [1.54, 1.807) is 16.6 Å². The Bertz CT molecular complexity index is 1150. The molecule has 2 aromatic heterocycles. The Morgan fingerprint density at radius 1 is 1.18 bits per heavy atom. The molecule has 3 aromatic rings. The summed E-state index contributed by atoms with van der Waals surface area (Å²) in [4.78, 5) is 0.711. The normalized spacial score (nSPS) is 17.1. The maximum absolute atomic E-state index is 11.7. The molecule has 1 fully saturated rings. The van der Waals surface area contributed by atoms with Gasteiger partial charge in [0.2, 0.25) is 15.0 Å². The first-order valence-electron chi connectivity index (χ1n) is 8.61. The first kappa shape index (κ1) is 19.8. The highest BCUT2D eigenvalue weighted by Crippen LogP contribution is 2.29. The summed E-state index contributed by atoms with van der Waals surface area (Å²) < 4.78 is 26.6. The third-order valence-electron chi connectivity index (χ3n) is 4.69. The Balaban J connectivity index is 1.53. The molecule has 1 aliphatic heterocycles. The lowest BCUT2D eigenvalue weighted by Gasteiger charge is -2.28. The van der Waals surface area contributed by atoms with Crippen LogP contribution in [0.25, 0.3) is 17.1 Å². The molecule has 0 amide bonds. The van der Waals surface area contributed by atoms with Crippen molar-refractivity contribution in [3.05, 3.63) is 44.6 Å². The van der Waals surface area contributed by atoms with E-state index >= 15 is 0 Å². The summed E-state index contributed by atoms with van der Waals surface area (Å²) in [6, 6.07) is 5.33. The Kier molecular flexibility index (Phi) is 5.45. The highest BCUT2D eigenvalue weighted by atomic mass is 35.5. The van der Waals surface area contributed by atoms with Crippen LogP contribution in [0.2, 0.25) is 10.0 Å². The molecule has 4 rings (SSSR count). The van der Waals surface area contributed by atoms with Gasteiger partial charge in [0, 0.05) is 29.1 Å². The molecule has 148 valence electrons. The van der Waals surface area contributed by atoms with Crippen LogP contribution in [-0.4, -0.2) is 51.9 Å². The van der Waals surface area contributed by atoms with Crippen molar-refractivity contribution in [1.82, 2.24) is 24.1 Å². The van der Waals surface area contributed by atoms with Crippen LogP contribution >= 0.6 is 34.5 Å². The summed E-state index contributed by atoms with van der Waals surface area (Å²) in [5, 5.41) is 15.1. The average Bonchev–Trinajstić information content (AvgIpc) is 3.20. The predicted octanol–water partition coefficient (Wildman–Crippen LogP) is 3.80. The smallest absolute Gasteiger partial charge is 0.213 e. The molecule has 3 heterocycles. The summed E-state index contributed by atoms with van der Waals surface area (Å²) in [5.41, 5.74) is 0.852. The maximum Gasteiger partial charge on any atom is 0.234 e. The van der Waals surface area contributed by atoms with Gasteiger partial charge in [-0.2, -0.15) is 9.61 Å². The average molecular weight is 458 g/mol. The van der Waals surface area contributed by atoms with Crippen molar-refractivity contribution in [3.63, 3.8) is 0 Å². The zero-order valence-corrected chi connectivity index (χ0v) is 18.1. The third kappa shape index (κ3) is 4.08. The number of benzene rings is 1. The molecule has 0 spiro atoms. The van der Waals surface area contributed by atoms with Gasteiger partial charge in [-0.1, -0.05) is 46.7 Å². The molecule has 1 aromatic carbocycles. The highest BCUT2D eigenvalue weighted by molar-refractivity contribution is 7.88. The van der Waals surface area contributed by atoms with E-state index in [1.165, 1.54) is 21.9 Å². The van der Waals surface area contributed by atoms with Gasteiger partial charge in [-0.05, 0) is 36.6 Å². The fourth-order valence-electron chi connectivity index (χ4n) is 3.21. The van der Waals surface area contributed by atoms with E-state index in [2.05, 4.69) is 15.3 Å². The van der Waals surface area contributed by atoms with E-state index in [-0.39, 0.29) is 5.92 Å². The van der Waals surface area contributed by atoms with Crippen molar-refractivity contribution in [3.8, 4) is 0 Å².